The first-order chi connectivity index (χ1) is 10.7. The molecule has 0 spiro atoms. The zero-order valence-corrected chi connectivity index (χ0v) is 12.5. The Balaban J connectivity index is 1.70. The topological polar surface area (TPSA) is 75.5 Å². The number of hydrogen-bond acceptors (Lipinski definition) is 4. The number of likely N-dealkylation sites (tertiary alicyclic amines) is 1. The van der Waals surface area contributed by atoms with Gasteiger partial charge in [0.05, 0.1) is 0 Å². The molecule has 3 rings (SSSR count). The van der Waals surface area contributed by atoms with Crippen LogP contribution in [0.2, 0.25) is 5.15 Å². The summed E-state index contributed by atoms with van der Waals surface area (Å²) in [5.41, 5.74) is -1.05. The molecule has 2 heterocycles. The fourth-order valence-corrected chi connectivity index (χ4v) is 3.45. The van der Waals surface area contributed by atoms with Crippen LogP contribution in [0.15, 0.2) is 6.07 Å². The minimum absolute atomic E-state index is 0.102. The van der Waals surface area contributed by atoms with Crippen LogP contribution >= 0.6 is 11.6 Å². The zero-order valence-electron chi connectivity index (χ0n) is 11.8. The SMILES string of the molecule is O=C(O)N1C[C@H]2CC(Oc3nnc(Cl)cc3C(F)(F)F)C[C@H]2C1. The van der Waals surface area contributed by atoms with Crippen molar-refractivity contribution < 1.29 is 27.8 Å². The van der Waals surface area contributed by atoms with Crippen molar-refractivity contribution in [1.82, 2.24) is 15.1 Å². The molecule has 1 aliphatic carbocycles. The van der Waals surface area contributed by atoms with E-state index in [4.69, 9.17) is 21.4 Å². The molecular weight excluding hydrogens is 339 g/mol. The number of rotatable bonds is 2. The van der Waals surface area contributed by atoms with Crippen LogP contribution in [0.25, 0.3) is 0 Å². The Morgan fingerprint density at radius 2 is 1.91 bits per heavy atom. The quantitative estimate of drug-likeness (QED) is 0.886. The van der Waals surface area contributed by atoms with Gasteiger partial charge in [0.15, 0.2) is 5.15 Å². The van der Waals surface area contributed by atoms with E-state index in [2.05, 4.69) is 10.2 Å². The number of carbonyl (C=O) groups is 1. The molecule has 6 nitrogen and oxygen atoms in total. The molecule has 1 aliphatic heterocycles. The van der Waals surface area contributed by atoms with Gasteiger partial charge in [0.25, 0.3) is 0 Å². The van der Waals surface area contributed by atoms with Gasteiger partial charge in [0.2, 0.25) is 5.88 Å². The van der Waals surface area contributed by atoms with Crippen LogP contribution in [0, 0.1) is 11.8 Å². The maximum atomic E-state index is 13.0. The van der Waals surface area contributed by atoms with Crippen LogP contribution in [0.1, 0.15) is 18.4 Å². The molecule has 1 amide bonds. The summed E-state index contributed by atoms with van der Waals surface area (Å²) in [6.07, 6.45) is -5.05. The Bertz CT molecular complexity index is 614. The molecule has 126 valence electrons. The van der Waals surface area contributed by atoms with E-state index in [-0.39, 0.29) is 17.0 Å². The molecule has 1 aromatic rings. The lowest BCUT2D eigenvalue weighted by Crippen LogP contribution is -2.29. The fourth-order valence-electron chi connectivity index (χ4n) is 3.30. The van der Waals surface area contributed by atoms with E-state index < -0.39 is 29.8 Å². The van der Waals surface area contributed by atoms with Gasteiger partial charge in [0.1, 0.15) is 11.7 Å². The van der Waals surface area contributed by atoms with Crippen LogP contribution in [0.3, 0.4) is 0 Å². The second-order valence-electron chi connectivity index (χ2n) is 5.80. The van der Waals surface area contributed by atoms with Crippen LogP contribution in [-0.4, -0.2) is 45.5 Å². The maximum absolute atomic E-state index is 13.0. The maximum Gasteiger partial charge on any atom is 0.421 e. The number of fused-ring (bicyclic) bond motifs is 1. The molecule has 0 aromatic carbocycles. The van der Waals surface area contributed by atoms with Crippen molar-refractivity contribution >= 4 is 17.7 Å². The summed E-state index contributed by atoms with van der Waals surface area (Å²) < 4.78 is 44.4. The standard InChI is InChI=1S/C13H13ClF3N3O3/c14-10-3-9(13(15,16)17)11(19-18-10)23-8-1-6-4-20(12(21)22)5-7(6)2-8/h3,6-8H,1-2,4-5H2,(H,21,22)/t6-,7+,8?. The highest BCUT2D eigenvalue weighted by Gasteiger charge is 2.44. The highest BCUT2D eigenvalue weighted by Crippen LogP contribution is 2.42. The first-order valence-electron chi connectivity index (χ1n) is 6.99. The van der Waals surface area contributed by atoms with Gasteiger partial charge in [0, 0.05) is 13.1 Å². The molecule has 1 saturated carbocycles. The predicted octanol–water partition coefficient (Wildman–Crippen LogP) is 2.92. The van der Waals surface area contributed by atoms with E-state index in [9.17, 15) is 18.0 Å². The van der Waals surface area contributed by atoms with Crippen LogP contribution in [0.4, 0.5) is 18.0 Å². The van der Waals surface area contributed by atoms with E-state index in [1.54, 1.807) is 0 Å². The molecule has 23 heavy (non-hydrogen) atoms. The van der Waals surface area contributed by atoms with E-state index >= 15 is 0 Å². The molecule has 10 heteroatoms. The Morgan fingerprint density at radius 3 is 2.43 bits per heavy atom. The molecular formula is C13H13ClF3N3O3. The Morgan fingerprint density at radius 1 is 1.30 bits per heavy atom. The molecule has 3 atom stereocenters. The molecule has 1 unspecified atom stereocenters. The number of ether oxygens (including phenoxy) is 1. The number of nitrogens with zero attached hydrogens (tertiary/aromatic N) is 3. The van der Waals surface area contributed by atoms with Crippen molar-refractivity contribution in [2.24, 2.45) is 11.8 Å². The monoisotopic (exact) mass is 351 g/mol. The van der Waals surface area contributed by atoms with E-state index in [1.165, 1.54) is 4.90 Å². The summed E-state index contributed by atoms with van der Waals surface area (Å²) in [5, 5.41) is 15.4. The number of alkyl halides is 3. The Labute approximate surface area is 134 Å². The third kappa shape index (κ3) is 3.29. The van der Waals surface area contributed by atoms with Crippen LogP contribution in [0.5, 0.6) is 5.88 Å². The van der Waals surface area contributed by atoms with E-state index in [0.29, 0.717) is 32.0 Å². The largest absolute Gasteiger partial charge is 0.473 e. The van der Waals surface area contributed by atoms with Crippen molar-refractivity contribution in [3.8, 4) is 5.88 Å². The van der Waals surface area contributed by atoms with Crippen LogP contribution in [-0.2, 0) is 6.18 Å². The highest BCUT2D eigenvalue weighted by atomic mass is 35.5. The molecule has 1 saturated heterocycles. The molecule has 2 fully saturated rings. The van der Waals surface area contributed by atoms with Gasteiger partial charge in [-0.05, 0) is 30.7 Å². The van der Waals surface area contributed by atoms with Crippen molar-refractivity contribution in [2.45, 2.75) is 25.1 Å². The number of hydrogen-bond donors (Lipinski definition) is 1. The number of halogens is 4. The third-order valence-corrected chi connectivity index (χ3v) is 4.48. The van der Waals surface area contributed by atoms with Gasteiger partial charge in [-0.3, -0.25) is 0 Å². The number of carboxylic acid groups (broad SMARTS) is 1. The van der Waals surface area contributed by atoms with Crippen molar-refractivity contribution in [3.05, 3.63) is 16.8 Å². The Kier molecular flexibility index (Phi) is 3.99. The molecule has 0 bridgehead atoms. The lowest BCUT2D eigenvalue weighted by molar-refractivity contribution is -0.139. The summed E-state index contributed by atoms with van der Waals surface area (Å²) in [7, 11) is 0. The minimum atomic E-state index is -4.64. The number of amides is 1. The molecule has 2 aliphatic rings. The summed E-state index contributed by atoms with van der Waals surface area (Å²) >= 11 is 5.47. The fraction of sp³-hybridized carbons (Fsp3) is 0.615. The van der Waals surface area contributed by atoms with Crippen LogP contribution < -0.4 is 4.74 Å². The summed E-state index contributed by atoms with van der Waals surface area (Å²) in [6.45, 7) is 0.774. The normalized spacial score (nSPS) is 27.1. The zero-order chi connectivity index (χ0) is 16.8. The average Bonchev–Trinajstić information content (AvgIpc) is 2.97. The lowest BCUT2D eigenvalue weighted by Gasteiger charge is -2.19. The van der Waals surface area contributed by atoms with Gasteiger partial charge in [-0.2, -0.15) is 13.2 Å². The first-order valence-corrected chi connectivity index (χ1v) is 7.36. The average molecular weight is 352 g/mol. The predicted molar refractivity (Wildman–Crippen MR) is 72.3 cm³/mol. The van der Waals surface area contributed by atoms with Crippen molar-refractivity contribution in [3.63, 3.8) is 0 Å². The van der Waals surface area contributed by atoms with E-state index in [1.807, 2.05) is 0 Å². The summed E-state index contributed by atoms with van der Waals surface area (Å²) in [6, 6.07) is 0.686. The third-order valence-electron chi connectivity index (χ3n) is 4.29. The van der Waals surface area contributed by atoms with Crippen molar-refractivity contribution in [1.29, 1.82) is 0 Å². The van der Waals surface area contributed by atoms with Gasteiger partial charge < -0.3 is 14.7 Å². The number of aromatic nitrogens is 2. The summed E-state index contributed by atoms with van der Waals surface area (Å²) in [5.74, 6) is -0.377. The molecule has 1 N–H and O–H groups in total. The summed E-state index contributed by atoms with van der Waals surface area (Å²) in [4.78, 5) is 12.3. The van der Waals surface area contributed by atoms with Crippen molar-refractivity contribution in [2.75, 3.05) is 13.1 Å². The second-order valence-corrected chi connectivity index (χ2v) is 6.19. The highest BCUT2D eigenvalue weighted by molar-refractivity contribution is 6.29. The van der Waals surface area contributed by atoms with Gasteiger partial charge in [-0.15, -0.1) is 10.2 Å². The van der Waals surface area contributed by atoms with Gasteiger partial charge in [-0.1, -0.05) is 11.6 Å². The minimum Gasteiger partial charge on any atom is -0.473 e. The molecule has 0 radical (unpaired) electrons. The lowest BCUT2D eigenvalue weighted by atomic mass is 10.0. The molecule has 1 aromatic heterocycles. The smallest absolute Gasteiger partial charge is 0.421 e. The first kappa shape index (κ1) is 16.1. The van der Waals surface area contributed by atoms with Gasteiger partial charge >= 0.3 is 12.3 Å². The van der Waals surface area contributed by atoms with Gasteiger partial charge in [-0.25, -0.2) is 4.79 Å². The second kappa shape index (κ2) is 5.70. The Hall–Kier alpha value is -1.77. The van der Waals surface area contributed by atoms with E-state index in [0.717, 1.165) is 0 Å².